The fraction of sp³-hybridized carbons (Fsp3) is 0.235. The third-order valence-corrected chi connectivity index (χ3v) is 5.93. The monoisotopic (exact) mass is 346 g/mol. The highest BCUT2D eigenvalue weighted by atomic mass is 31.2. The summed E-state index contributed by atoms with van der Waals surface area (Å²) in [5.74, 6) is -0.196. The van der Waals surface area contributed by atoms with E-state index in [4.69, 9.17) is 9.05 Å². The van der Waals surface area contributed by atoms with Gasteiger partial charge in [0.25, 0.3) is 5.91 Å². The molecule has 0 aliphatic carbocycles. The molecule has 1 aliphatic rings. The Labute approximate surface area is 140 Å². The maximum absolute atomic E-state index is 12.5. The lowest BCUT2D eigenvalue weighted by Crippen LogP contribution is -2.09. The van der Waals surface area contributed by atoms with Crippen LogP contribution in [0.1, 0.15) is 22.5 Å². The molecule has 1 aromatic heterocycles. The van der Waals surface area contributed by atoms with Gasteiger partial charge >= 0.3 is 7.60 Å². The standard InChI is InChI=1S/C17H19N2O4P/c1-10-7-11(2)18-15(10)9-14-13-6-5-12(24(21,22-3)23-4)8-16(13)19-17(14)20/h5-9,18H,1-4H3,(H,19,20)/b14-9-. The van der Waals surface area contributed by atoms with Crippen molar-refractivity contribution < 1.29 is 18.4 Å². The molecule has 1 aliphatic heterocycles. The van der Waals surface area contributed by atoms with E-state index < -0.39 is 7.60 Å². The average molecular weight is 346 g/mol. The molecular weight excluding hydrogens is 327 g/mol. The first-order chi connectivity index (χ1) is 11.4. The van der Waals surface area contributed by atoms with Gasteiger partial charge in [-0.2, -0.15) is 0 Å². The van der Waals surface area contributed by atoms with Crippen LogP contribution < -0.4 is 10.6 Å². The molecule has 0 radical (unpaired) electrons. The van der Waals surface area contributed by atoms with Crippen molar-refractivity contribution in [3.8, 4) is 0 Å². The first-order valence-electron chi connectivity index (χ1n) is 7.43. The average Bonchev–Trinajstić information content (AvgIpc) is 3.05. The summed E-state index contributed by atoms with van der Waals surface area (Å²) in [4.78, 5) is 15.6. The Balaban J connectivity index is 2.06. The molecule has 0 saturated carbocycles. The van der Waals surface area contributed by atoms with Gasteiger partial charge in [0.2, 0.25) is 0 Å². The second kappa shape index (κ2) is 6.06. The fourth-order valence-electron chi connectivity index (χ4n) is 2.83. The summed E-state index contributed by atoms with van der Waals surface area (Å²) in [5.41, 5.74) is 4.92. The lowest BCUT2D eigenvalue weighted by molar-refractivity contribution is -0.110. The number of carbonyl (C=O) groups is 1. The van der Waals surface area contributed by atoms with Crippen LogP contribution in [-0.2, 0) is 18.4 Å². The molecule has 0 bridgehead atoms. The Morgan fingerprint density at radius 2 is 1.83 bits per heavy atom. The number of hydrogen-bond acceptors (Lipinski definition) is 4. The summed E-state index contributed by atoms with van der Waals surface area (Å²) in [6.45, 7) is 3.96. The number of benzene rings is 1. The van der Waals surface area contributed by atoms with Crippen LogP contribution in [0.25, 0.3) is 11.6 Å². The van der Waals surface area contributed by atoms with Gasteiger partial charge in [0.05, 0.1) is 10.9 Å². The van der Waals surface area contributed by atoms with Gasteiger partial charge in [-0.1, -0.05) is 6.07 Å². The summed E-state index contributed by atoms with van der Waals surface area (Å²) in [6, 6.07) is 7.07. The Hall–Kier alpha value is -2.14. The zero-order valence-electron chi connectivity index (χ0n) is 14.0. The summed E-state index contributed by atoms with van der Waals surface area (Å²) in [7, 11) is -0.691. The largest absolute Gasteiger partial charge is 0.360 e. The van der Waals surface area contributed by atoms with Crippen LogP contribution in [0, 0.1) is 13.8 Å². The third kappa shape index (κ3) is 2.73. The molecular formula is C17H19N2O4P. The Morgan fingerprint density at radius 3 is 2.42 bits per heavy atom. The van der Waals surface area contributed by atoms with Crippen LogP contribution in [0.3, 0.4) is 0 Å². The lowest BCUT2D eigenvalue weighted by Gasteiger charge is -2.14. The van der Waals surface area contributed by atoms with Gasteiger partial charge in [0.15, 0.2) is 0 Å². The van der Waals surface area contributed by atoms with Gasteiger partial charge < -0.3 is 19.3 Å². The minimum Gasteiger partial charge on any atom is -0.359 e. The van der Waals surface area contributed by atoms with Crippen molar-refractivity contribution >= 4 is 36.1 Å². The molecule has 126 valence electrons. The number of anilines is 1. The molecule has 2 N–H and O–H groups in total. The summed E-state index contributed by atoms with van der Waals surface area (Å²) >= 11 is 0. The first-order valence-corrected chi connectivity index (χ1v) is 8.98. The van der Waals surface area contributed by atoms with Crippen LogP contribution in [0.2, 0.25) is 0 Å². The Morgan fingerprint density at radius 1 is 1.12 bits per heavy atom. The Bertz CT molecular complexity index is 890. The summed E-state index contributed by atoms with van der Waals surface area (Å²) in [6.07, 6.45) is 1.83. The number of hydrogen-bond donors (Lipinski definition) is 2. The molecule has 0 unspecified atom stereocenters. The van der Waals surface area contributed by atoms with Crippen molar-refractivity contribution in [3.63, 3.8) is 0 Å². The second-order valence-corrected chi connectivity index (χ2v) is 7.90. The van der Waals surface area contributed by atoms with E-state index >= 15 is 0 Å². The van der Waals surface area contributed by atoms with E-state index in [0.29, 0.717) is 16.6 Å². The minimum absolute atomic E-state index is 0.196. The molecule has 2 heterocycles. The van der Waals surface area contributed by atoms with Crippen molar-refractivity contribution in [2.24, 2.45) is 0 Å². The summed E-state index contributed by atoms with van der Waals surface area (Å²) < 4.78 is 22.5. The molecule has 0 atom stereocenters. The highest BCUT2D eigenvalue weighted by molar-refractivity contribution is 7.62. The van der Waals surface area contributed by atoms with E-state index in [-0.39, 0.29) is 5.91 Å². The normalized spacial score (nSPS) is 15.7. The molecule has 7 heteroatoms. The van der Waals surface area contributed by atoms with Gasteiger partial charge in [0, 0.05) is 36.9 Å². The maximum atomic E-state index is 12.5. The van der Waals surface area contributed by atoms with E-state index in [9.17, 15) is 9.36 Å². The van der Waals surface area contributed by atoms with E-state index in [1.807, 2.05) is 26.0 Å². The van der Waals surface area contributed by atoms with E-state index in [2.05, 4.69) is 10.3 Å². The second-order valence-electron chi connectivity index (χ2n) is 5.65. The van der Waals surface area contributed by atoms with Crippen LogP contribution >= 0.6 is 7.60 Å². The Kier molecular flexibility index (Phi) is 4.22. The van der Waals surface area contributed by atoms with Crippen molar-refractivity contribution in [2.45, 2.75) is 13.8 Å². The molecule has 6 nitrogen and oxygen atoms in total. The number of rotatable bonds is 4. The topological polar surface area (TPSA) is 80.4 Å². The van der Waals surface area contributed by atoms with Gasteiger partial charge in [-0.05, 0) is 43.7 Å². The van der Waals surface area contributed by atoms with Crippen LogP contribution in [0.15, 0.2) is 24.3 Å². The highest BCUT2D eigenvalue weighted by Crippen LogP contribution is 2.46. The molecule has 0 spiro atoms. The SMILES string of the molecule is COP(=O)(OC)c1ccc2c(c1)NC(=O)/C2=C\c1[nH]c(C)cc1C. The van der Waals surface area contributed by atoms with Crippen LogP contribution in [0.4, 0.5) is 5.69 Å². The molecule has 2 aromatic rings. The molecule has 24 heavy (non-hydrogen) atoms. The molecule has 1 aromatic carbocycles. The van der Waals surface area contributed by atoms with Gasteiger partial charge in [-0.25, -0.2) is 0 Å². The molecule has 3 rings (SSSR count). The number of aryl methyl sites for hydroxylation is 2. The van der Waals surface area contributed by atoms with E-state index in [1.54, 1.807) is 18.2 Å². The fourth-order valence-corrected chi connectivity index (χ4v) is 3.94. The van der Waals surface area contributed by atoms with Gasteiger partial charge in [-0.15, -0.1) is 0 Å². The smallest absolute Gasteiger partial charge is 0.359 e. The summed E-state index contributed by atoms with van der Waals surface area (Å²) in [5, 5.41) is 3.20. The number of H-pyrrole nitrogens is 1. The number of nitrogens with one attached hydrogen (secondary N) is 2. The predicted octanol–water partition coefficient (Wildman–Crippen LogP) is 3.24. The number of aromatic amines is 1. The first kappa shape index (κ1) is 16.7. The molecule has 1 amide bonds. The lowest BCUT2D eigenvalue weighted by atomic mass is 10.1. The van der Waals surface area contributed by atoms with Gasteiger partial charge in [0.1, 0.15) is 0 Å². The number of amides is 1. The third-order valence-electron chi connectivity index (χ3n) is 4.06. The highest BCUT2D eigenvalue weighted by Gasteiger charge is 2.30. The zero-order valence-corrected chi connectivity index (χ0v) is 14.9. The van der Waals surface area contributed by atoms with Crippen LogP contribution in [-0.4, -0.2) is 25.1 Å². The van der Waals surface area contributed by atoms with Gasteiger partial charge in [-0.3, -0.25) is 9.36 Å². The van der Waals surface area contributed by atoms with Crippen molar-refractivity contribution in [3.05, 3.63) is 46.8 Å². The van der Waals surface area contributed by atoms with Crippen molar-refractivity contribution in [1.29, 1.82) is 0 Å². The van der Waals surface area contributed by atoms with E-state index in [1.165, 1.54) is 14.2 Å². The number of carbonyl (C=O) groups excluding carboxylic acids is 1. The maximum Gasteiger partial charge on any atom is 0.360 e. The van der Waals surface area contributed by atoms with Crippen molar-refractivity contribution in [1.82, 2.24) is 4.98 Å². The zero-order chi connectivity index (χ0) is 17.5. The van der Waals surface area contributed by atoms with Crippen molar-refractivity contribution in [2.75, 3.05) is 19.5 Å². The van der Waals surface area contributed by atoms with Crippen LogP contribution in [0.5, 0.6) is 0 Å². The predicted molar refractivity (Wildman–Crippen MR) is 94.5 cm³/mol. The molecule has 0 saturated heterocycles. The number of fused-ring (bicyclic) bond motifs is 1. The van der Waals surface area contributed by atoms with E-state index in [0.717, 1.165) is 22.5 Å². The quantitative estimate of drug-likeness (QED) is 0.658. The molecule has 0 fully saturated rings. The minimum atomic E-state index is -3.35. The number of aromatic nitrogens is 1.